The molecule has 94 valence electrons. The van der Waals surface area contributed by atoms with Gasteiger partial charge in [0.2, 0.25) is 0 Å². The molecule has 0 bridgehead atoms. The van der Waals surface area contributed by atoms with Gasteiger partial charge in [0.25, 0.3) is 5.91 Å². The van der Waals surface area contributed by atoms with Crippen molar-refractivity contribution in [3.8, 4) is 0 Å². The van der Waals surface area contributed by atoms with E-state index in [1.807, 2.05) is 26.0 Å². The van der Waals surface area contributed by atoms with Gasteiger partial charge in [-0.1, -0.05) is 36.5 Å². The summed E-state index contributed by atoms with van der Waals surface area (Å²) in [6.45, 7) is 8.99. The molecule has 0 heterocycles. The fourth-order valence-corrected chi connectivity index (χ4v) is 1.61. The van der Waals surface area contributed by atoms with Crippen LogP contribution in [0.15, 0.2) is 24.3 Å². The third kappa shape index (κ3) is 3.05. The zero-order valence-corrected chi connectivity index (χ0v) is 11.1. The summed E-state index contributed by atoms with van der Waals surface area (Å²) < 4.78 is 13.9. The Hall–Kier alpha value is -1.38. The highest BCUT2D eigenvalue weighted by molar-refractivity contribution is 5.95. The van der Waals surface area contributed by atoms with Gasteiger partial charge in [0.15, 0.2) is 0 Å². The Kier molecular flexibility index (Phi) is 3.91. The van der Waals surface area contributed by atoms with Crippen LogP contribution in [0.2, 0.25) is 0 Å². The highest BCUT2D eigenvalue weighted by Crippen LogP contribution is 2.24. The summed E-state index contributed by atoms with van der Waals surface area (Å²) in [7, 11) is 0. The van der Waals surface area contributed by atoms with Gasteiger partial charge in [-0.2, -0.15) is 5.12 Å². The van der Waals surface area contributed by atoms with Crippen LogP contribution in [0, 0.1) is 0 Å². The van der Waals surface area contributed by atoms with E-state index in [1.54, 1.807) is 32.9 Å². The lowest BCUT2D eigenvalue weighted by Crippen LogP contribution is -2.39. The van der Waals surface area contributed by atoms with Crippen LogP contribution in [-0.4, -0.2) is 16.6 Å². The predicted octanol–water partition coefficient (Wildman–Crippen LogP) is 3.94. The molecule has 0 aromatic heterocycles. The number of rotatable bonds is 2. The molecule has 1 amide bonds. The van der Waals surface area contributed by atoms with Crippen molar-refractivity contribution in [3.05, 3.63) is 35.4 Å². The van der Waals surface area contributed by atoms with Crippen LogP contribution in [0.4, 0.5) is 4.48 Å². The summed E-state index contributed by atoms with van der Waals surface area (Å²) in [5, 5.41) is 0.300. The molecule has 0 atom stereocenters. The standard InChI is InChI=1S/C14H20FNO/c1-10(2)11-8-6-7-9-12(11)13(17)16(15)14(3,4)5/h6-10H,1-5H3. The summed E-state index contributed by atoms with van der Waals surface area (Å²) in [6.07, 6.45) is 0. The van der Waals surface area contributed by atoms with E-state index < -0.39 is 11.4 Å². The van der Waals surface area contributed by atoms with Crippen LogP contribution in [0.1, 0.15) is 56.5 Å². The first-order valence-electron chi connectivity index (χ1n) is 5.84. The molecule has 0 spiro atoms. The van der Waals surface area contributed by atoms with Crippen LogP contribution in [0.25, 0.3) is 0 Å². The van der Waals surface area contributed by atoms with Gasteiger partial charge in [0, 0.05) is 5.56 Å². The van der Waals surface area contributed by atoms with Crippen molar-refractivity contribution in [2.24, 2.45) is 0 Å². The first-order valence-corrected chi connectivity index (χ1v) is 5.84. The maximum atomic E-state index is 13.9. The van der Waals surface area contributed by atoms with E-state index in [2.05, 4.69) is 0 Å². The summed E-state index contributed by atoms with van der Waals surface area (Å²) >= 11 is 0. The molecule has 0 N–H and O–H groups in total. The zero-order valence-electron chi connectivity index (χ0n) is 11.1. The van der Waals surface area contributed by atoms with Crippen molar-refractivity contribution >= 4 is 5.91 Å². The molecular weight excluding hydrogens is 217 g/mol. The molecule has 0 aliphatic heterocycles. The maximum Gasteiger partial charge on any atom is 0.282 e. The van der Waals surface area contributed by atoms with E-state index in [-0.39, 0.29) is 5.92 Å². The van der Waals surface area contributed by atoms with Crippen LogP contribution in [-0.2, 0) is 0 Å². The molecular formula is C14H20FNO. The second-order valence-electron chi connectivity index (χ2n) is 5.50. The molecule has 0 unspecified atom stereocenters. The van der Waals surface area contributed by atoms with Crippen LogP contribution < -0.4 is 0 Å². The van der Waals surface area contributed by atoms with Crippen molar-refractivity contribution in [2.75, 3.05) is 0 Å². The second kappa shape index (κ2) is 4.86. The zero-order chi connectivity index (χ0) is 13.2. The van der Waals surface area contributed by atoms with Gasteiger partial charge in [-0.25, -0.2) is 0 Å². The van der Waals surface area contributed by atoms with Crippen molar-refractivity contribution < 1.29 is 9.28 Å². The van der Waals surface area contributed by atoms with Crippen LogP contribution in [0.3, 0.4) is 0 Å². The number of carbonyl (C=O) groups is 1. The Morgan fingerprint density at radius 3 is 2.24 bits per heavy atom. The lowest BCUT2D eigenvalue weighted by atomic mass is 9.96. The van der Waals surface area contributed by atoms with E-state index in [4.69, 9.17) is 0 Å². The lowest BCUT2D eigenvalue weighted by molar-refractivity contribution is -0.0323. The van der Waals surface area contributed by atoms with E-state index in [0.717, 1.165) is 5.56 Å². The molecule has 1 aromatic rings. The average Bonchev–Trinajstić information content (AvgIpc) is 2.25. The highest BCUT2D eigenvalue weighted by atomic mass is 19.2. The number of benzene rings is 1. The Balaban J connectivity index is 3.13. The topological polar surface area (TPSA) is 20.3 Å². The van der Waals surface area contributed by atoms with E-state index in [9.17, 15) is 9.28 Å². The summed E-state index contributed by atoms with van der Waals surface area (Å²) in [6, 6.07) is 7.17. The Bertz CT molecular complexity index is 407. The van der Waals surface area contributed by atoms with Crippen LogP contribution >= 0.6 is 0 Å². The number of amides is 1. The normalized spacial score (nSPS) is 11.7. The average molecular weight is 237 g/mol. The van der Waals surface area contributed by atoms with Gasteiger partial charge in [0.05, 0.1) is 5.54 Å². The van der Waals surface area contributed by atoms with Gasteiger partial charge < -0.3 is 0 Å². The molecule has 0 radical (unpaired) electrons. The summed E-state index contributed by atoms with van der Waals surface area (Å²) in [5.74, 6) is -0.370. The Morgan fingerprint density at radius 1 is 1.24 bits per heavy atom. The Labute approximate surface area is 102 Å². The molecule has 0 aliphatic carbocycles. The molecule has 0 saturated carbocycles. The van der Waals surface area contributed by atoms with Crippen LogP contribution in [0.5, 0.6) is 0 Å². The fourth-order valence-electron chi connectivity index (χ4n) is 1.61. The number of nitrogens with zero attached hydrogens (tertiary/aromatic N) is 1. The largest absolute Gasteiger partial charge is 0.282 e. The smallest absolute Gasteiger partial charge is 0.266 e. The molecule has 3 heteroatoms. The SMILES string of the molecule is CC(C)c1ccccc1C(=O)N(F)C(C)(C)C. The second-order valence-corrected chi connectivity index (χ2v) is 5.50. The van der Waals surface area contributed by atoms with Crippen molar-refractivity contribution in [2.45, 2.75) is 46.1 Å². The van der Waals surface area contributed by atoms with Crippen molar-refractivity contribution in [1.82, 2.24) is 5.12 Å². The molecule has 0 saturated heterocycles. The summed E-state index contributed by atoms with van der Waals surface area (Å²) in [4.78, 5) is 12.1. The monoisotopic (exact) mass is 237 g/mol. The van der Waals surface area contributed by atoms with E-state index >= 15 is 0 Å². The van der Waals surface area contributed by atoms with Gasteiger partial charge >= 0.3 is 0 Å². The maximum absolute atomic E-state index is 13.9. The minimum atomic E-state index is -0.818. The van der Waals surface area contributed by atoms with Gasteiger partial charge in [-0.15, -0.1) is 0 Å². The number of halogens is 1. The lowest BCUT2D eigenvalue weighted by Gasteiger charge is -2.27. The quantitative estimate of drug-likeness (QED) is 0.713. The number of carbonyl (C=O) groups excluding carboxylic acids is 1. The number of hydrogen-bond donors (Lipinski definition) is 0. The third-order valence-corrected chi connectivity index (χ3v) is 2.58. The molecule has 1 rings (SSSR count). The minimum absolute atomic E-state index is 0.198. The molecule has 0 aliphatic rings. The van der Waals surface area contributed by atoms with Crippen molar-refractivity contribution in [3.63, 3.8) is 0 Å². The number of hydrogen-bond acceptors (Lipinski definition) is 1. The molecule has 1 aromatic carbocycles. The predicted molar refractivity (Wildman–Crippen MR) is 67.6 cm³/mol. The van der Waals surface area contributed by atoms with E-state index in [1.165, 1.54) is 0 Å². The van der Waals surface area contributed by atoms with Gasteiger partial charge in [0.1, 0.15) is 0 Å². The fraction of sp³-hybridized carbons (Fsp3) is 0.500. The van der Waals surface area contributed by atoms with E-state index in [0.29, 0.717) is 10.7 Å². The molecule has 17 heavy (non-hydrogen) atoms. The van der Waals surface area contributed by atoms with Gasteiger partial charge in [-0.05, 0) is 38.3 Å². The molecule has 2 nitrogen and oxygen atoms in total. The van der Waals surface area contributed by atoms with Crippen molar-refractivity contribution in [1.29, 1.82) is 0 Å². The molecule has 0 fully saturated rings. The first-order chi connectivity index (χ1) is 7.75. The third-order valence-electron chi connectivity index (χ3n) is 2.58. The minimum Gasteiger partial charge on any atom is -0.266 e. The Morgan fingerprint density at radius 2 is 1.76 bits per heavy atom. The summed E-state index contributed by atoms with van der Waals surface area (Å²) in [5.41, 5.74) is 0.505. The van der Waals surface area contributed by atoms with Gasteiger partial charge in [-0.3, -0.25) is 4.79 Å². The highest BCUT2D eigenvalue weighted by Gasteiger charge is 2.29. The first kappa shape index (κ1) is 13.7.